The Labute approximate surface area is 124 Å². The van der Waals surface area contributed by atoms with E-state index in [0.717, 1.165) is 19.3 Å². The number of hydrazine groups is 1. The van der Waals surface area contributed by atoms with Gasteiger partial charge in [0.2, 0.25) is 11.6 Å². The Bertz CT molecular complexity index is 674. The van der Waals surface area contributed by atoms with Crippen LogP contribution in [-0.4, -0.2) is 14.9 Å². The number of nitro groups is 1. The van der Waals surface area contributed by atoms with Crippen LogP contribution in [0.15, 0.2) is 17.8 Å². The number of nitrogens with two attached hydrogens (primary N) is 1. The van der Waals surface area contributed by atoms with E-state index in [2.05, 4.69) is 26.8 Å². The van der Waals surface area contributed by atoms with Gasteiger partial charge in [0, 0.05) is 4.88 Å². The maximum Gasteiger partial charge on any atom is 0.354 e. The average Bonchev–Trinajstić information content (AvgIpc) is 2.96. The summed E-state index contributed by atoms with van der Waals surface area (Å²) in [4.78, 5) is 19.8. The third kappa shape index (κ3) is 2.52. The van der Waals surface area contributed by atoms with Crippen LogP contribution in [0, 0.1) is 10.1 Å². The van der Waals surface area contributed by atoms with E-state index in [1.165, 1.54) is 16.8 Å². The van der Waals surface area contributed by atoms with Crippen molar-refractivity contribution in [2.24, 2.45) is 5.84 Å². The van der Waals surface area contributed by atoms with Gasteiger partial charge in [-0.1, -0.05) is 0 Å². The van der Waals surface area contributed by atoms with Crippen molar-refractivity contribution in [3.63, 3.8) is 0 Å². The molecule has 9 heteroatoms. The number of nitrogen functional groups attached to an aromatic ring is 1. The maximum absolute atomic E-state index is 11.2. The Morgan fingerprint density at radius 1 is 1.43 bits per heavy atom. The summed E-state index contributed by atoms with van der Waals surface area (Å²) in [5.41, 5.74) is 3.20. The molecule has 8 nitrogen and oxygen atoms in total. The molecule has 0 fully saturated rings. The lowest BCUT2D eigenvalue weighted by atomic mass is 9.94. The third-order valence-corrected chi connectivity index (χ3v) is 4.50. The second-order valence-corrected chi connectivity index (χ2v) is 5.71. The van der Waals surface area contributed by atoms with Crippen LogP contribution < -0.4 is 16.6 Å². The molecule has 0 spiro atoms. The van der Waals surface area contributed by atoms with Gasteiger partial charge in [-0.15, -0.1) is 11.3 Å². The minimum Gasteiger partial charge on any atom is -0.357 e. The molecule has 4 N–H and O–H groups in total. The number of thiophene rings is 1. The number of hydrogen-bond donors (Lipinski definition) is 3. The first kappa shape index (κ1) is 13.7. The van der Waals surface area contributed by atoms with Gasteiger partial charge < -0.3 is 10.7 Å². The molecule has 0 aromatic carbocycles. The molecule has 0 amide bonds. The summed E-state index contributed by atoms with van der Waals surface area (Å²) in [5.74, 6) is 5.47. The first-order chi connectivity index (χ1) is 10.2. The van der Waals surface area contributed by atoms with Crippen molar-refractivity contribution in [1.29, 1.82) is 0 Å². The SMILES string of the molecule is NNc1ncnc(NC2CCCc3sccc32)c1[N+](=O)[O-]. The van der Waals surface area contributed by atoms with Crippen LogP contribution >= 0.6 is 11.3 Å². The first-order valence-electron chi connectivity index (χ1n) is 6.49. The fraction of sp³-hybridized carbons (Fsp3) is 0.333. The molecule has 1 aliphatic rings. The smallest absolute Gasteiger partial charge is 0.354 e. The molecule has 0 aliphatic heterocycles. The highest BCUT2D eigenvalue weighted by Gasteiger charge is 2.27. The maximum atomic E-state index is 11.2. The Morgan fingerprint density at radius 3 is 3.00 bits per heavy atom. The van der Waals surface area contributed by atoms with Crippen LogP contribution in [0.1, 0.15) is 29.3 Å². The number of fused-ring (bicyclic) bond motifs is 1. The molecule has 0 bridgehead atoms. The van der Waals surface area contributed by atoms with Crippen LogP contribution in [0.4, 0.5) is 17.3 Å². The lowest BCUT2D eigenvalue weighted by molar-refractivity contribution is -0.383. The van der Waals surface area contributed by atoms with E-state index in [9.17, 15) is 10.1 Å². The molecule has 2 aromatic rings. The van der Waals surface area contributed by atoms with Gasteiger partial charge in [-0.2, -0.15) is 0 Å². The van der Waals surface area contributed by atoms with Gasteiger partial charge in [0.05, 0.1) is 11.0 Å². The van der Waals surface area contributed by atoms with E-state index in [4.69, 9.17) is 5.84 Å². The average molecular weight is 306 g/mol. The van der Waals surface area contributed by atoms with Crippen molar-refractivity contribution < 1.29 is 4.92 Å². The zero-order valence-electron chi connectivity index (χ0n) is 11.1. The Morgan fingerprint density at radius 2 is 2.24 bits per heavy atom. The molecule has 1 atom stereocenters. The quantitative estimate of drug-likeness (QED) is 0.450. The molecule has 1 unspecified atom stereocenters. The summed E-state index contributed by atoms with van der Waals surface area (Å²) >= 11 is 1.72. The number of anilines is 2. The first-order valence-corrected chi connectivity index (χ1v) is 7.37. The molecular formula is C12H14N6O2S. The van der Waals surface area contributed by atoms with Gasteiger partial charge in [0.25, 0.3) is 0 Å². The molecule has 0 saturated heterocycles. The predicted octanol–water partition coefficient (Wildman–Crippen LogP) is 2.22. The van der Waals surface area contributed by atoms with E-state index in [1.807, 2.05) is 5.38 Å². The van der Waals surface area contributed by atoms with E-state index < -0.39 is 4.92 Å². The van der Waals surface area contributed by atoms with Gasteiger partial charge in [-0.3, -0.25) is 10.1 Å². The fourth-order valence-corrected chi connectivity index (χ4v) is 3.55. The van der Waals surface area contributed by atoms with Gasteiger partial charge in [0.15, 0.2) is 0 Å². The molecule has 0 saturated carbocycles. The van der Waals surface area contributed by atoms with Crippen molar-refractivity contribution in [3.8, 4) is 0 Å². The zero-order valence-corrected chi connectivity index (χ0v) is 11.9. The summed E-state index contributed by atoms with van der Waals surface area (Å²) in [5, 5.41) is 16.4. The predicted molar refractivity (Wildman–Crippen MR) is 80.1 cm³/mol. The minimum atomic E-state index is -0.533. The van der Waals surface area contributed by atoms with Gasteiger partial charge in [-0.05, 0) is 36.3 Å². The topological polar surface area (TPSA) is 119 Å². The fourth-order valence-electron chi connectivity index (χ4n) is 2.56. The van der Waals surface area contributed by atoms with Gasteiger partial charge in [0.1, 0.15) is 6.33 Å². The largest absolute Gasteiger partial charge is 0.357 e. The summed E-state index contributed by atoms with van der Waals surface area (Å²) in [6.07, 6.45) is 4.27. The van der Waals surface area contributed by atoms with Crippen molar-refractivity contribution in [2.45, 2.75) is 25.3 Å². The highest BCUT2D eigenvalue weighted by molar-refractivity contribution is 7.10. The van der Waals surface area contributed by atoms with E-state index >= 15 is 0 Å². The second kappa shape index (κ2) is 5.62. The summed E-state index contributed by atoms with van der Waals surface area (Å²) in [6, 6.07) is 2.09. The van der Waals surface area contributed by atoms with Gasteiger partial charge >= 0.3 is 5.69 Å². The molecule has 3 rings (SSSR count). The lowest BCUT2D eigenvalue weighted by Gasteiger charge is -2.24. The van der Waals surface area contributed by atoms with E-state index in [-0.39, 0.29) is 23.4 Å². The number of nitrogens with one attached hydrogen (secondary N) is 2. The van der Waals surface area contributed by atoms with Crippen molar-refractivity contribution in [2.75, 3.05) is 10.7 Å². The summed E-state index contributed by atoms with van der Waals surface area (Å²) in [6.45, 7) is 0. The Kier molecular flexibility index (Phi) is 3.67. The van der Waals surface area contributed by atoms with Crippen LogP contribution in [-0.2, 0) is 6.42 Å². The Hall–Kier alpha value is -2.26. The second-order valence-electron chi connectivity index (χ2n) is 4.71. The van der Waals surface area contributed by atoms with Crippen molar-refractivity contribution >= 4 is 28.7 Å². The van der Waals surface area contributed by atoms with Crippen LogP contribution in [0.5, 0.6) is 0 Å². The van der Waals surface area contributed by atoms with Crippen molar-refractivity contribution in [1.82, 2.24) is 9.97 Å². The van der Waals surface area contributed by atoms with Crippen LogP contribution in [0.25, 0.3) is 0 Å². The standard InChI is InChI=1S/C12H14N6O2S/c13-17-12-10(18(19)20)11(14-6-15-12)16-8-2-1-3-9-7(8)4-5-21-9/h4-6,8H,1-3,13H2,(H2,14,15,16,17). The molecular weight excluding hydrogens is 292 g/mol. The van der Waals surface area contributed by atoms with E-state index in [0.29, 0.717) is 0 Å². The van der Waals surface area contributed by atoms with Crippen LogP contribution in [0.2, 0.25) is 0 Å². The third-order valence-electron chi connectivity index (χ3n) is 3.50. The normalized spacial score (nSPS) is 17.1. The zero-order chi connectivity index (χ0) is 14.8. The molecule has 1 aliphatic carbocycles. The minimum absolute atomic E-state index is 0.00106. The molecule has 21 heavy (non-hydrogen) atoms. The highest BCUT2D eigenvalue weighted by Crippen LogP contribution is 2.37. The highest BCUT2D eigenvalue weighted by atomic mass is 32.1. The number of nitrogens with zero attached hydrogens (tertiary/aromatic N) is 3. The number of aryl methyl sites for hydroxylation is 1. The lowest BCUT2D eigenvalue weighted by Crippen LogP contribution is -2.19. The molecule has 110 valence electrons. The Balaban J connectivity index is 1.95. The molecule has 0 radical (unpaired) electrons. The summed E-state index contributed by atoms with van der Waals surface area (Å²) in [7, 11) is 0. The molecule has 2 aromatic heterocycles. The monoisotopic (exact) mass is 306 g/mol. The number of rotatable bonds is 4. The van der Waals surface area contributed by atoms with Crippen molar-refractivity contribution in [3.05, 3.63) is 38.3 Å². The number of aromatic nitrogens is 2. The molecule has 2 heterocycles. The number of hydrogen-bond acceptors (Lipinski definition) is 8. The summed E-state index contributed by atoms with van der Waals surface area (Å²) < 4.78 is 0. The van der Waals surface area contributed by atoms with Gasteiger partial charge in [-0.25, -0.2) is 15.8 Å². The van der Waals surface area contributed by atoms with E-state index in [1.54, 1.807) is 11.3 Å². The van der Waals surface area contributed by atoms with Crippen LogP contribution in [0.3, 0.4) is 0 Å².